The number of hydrogen-bond donors (Lipinski definition) is 0. The molecule has 1 aromatic carbocycles. The summed E-state index contributed by atoms with van der Waals surface area (Å²) in [5, 5.41) is 0. The Morgan fingerprint density at radius 2 is 2.11 bits per heavy atom. The van der Waals surface area contributed by atoms with E-state index in [1.165, 1.54) is 0 Å². The Labute approximate surface area is 112 Å². The number of benzene rings is 1. The van der Waals surface area contributed by atoms with Crippen LogP contribution in [-0.2, 0) is 11.2 Å². The molecular weight excluding hydrogens is 250 g/mol. The number of hydrogen-bond acceptors (Lipinski definition) is 2. The molecule has 0 N–H and O–H groups in total. The molecule has 0 aromatic heterocycles. The fourth-order valence-corrected chi connectivity index (χ4v) is 2.35. The van der Waals surface area contributed by atoms with Crippen molar-refractivity contribution in [2.45, 2.75) is 20.3 Å². The van der Waals surface area contributed by atoms with Gasteiger partial charge >= 0.3 is 0 Å². The molecular formula is C14H16ClNO2. The number of nitrogens with zero attached hydrogens (tertiary/aromatic N) is 1. The minimum absolute atomic E-state index is 0.00652. The number of fused-ring (bicyclic) bond motifs is 1. The predicted octanol–water partition coefficient (Wildman–Crippen LogP) is 2.65. The number of carbonyl (C=O) groups is 2. The summed E-state index contributed by atoms with van der Waals surface area (Å²) in [4.78, 5) is 25.3. The van der Waals surface area contributed by atoms with E-state index >= 15 is 0 Å². The number of carbonyl (C=O) groups excluding carboxylic acids is 2. The molecule has 0 unspecified atom stereocenters. The van der Waals surface area contributed by atoms with Gasteiger partial charge in [-0.05, 0) is 30.2 Å². The largest absolute Gasteiger partial charge is 0.312 e. The summed E-state index contributed by atoms with van der Waals surface area (Å²) in [5.41, 5.74) is 2.61. The second-order valence-corrected chi connectivity index (χ2v) is 5.06. The zero-order valence-electron chi connectivity index (χ0n) is 10.6. The Bertz CT molecular complexity index is 497. The molecule has 0 fully saturated rings. The van der Waals surface area contributed by atoms with Crippen LogP contribution in [0.2, 0.25) is 0 Å². The van der Waals surface area contributed by atoms with Gasteiger partial charge in [-0.1, -0.05) is 13.8 Å². The molecule has 0 saturated heterocycles. The third kappa shape index (κ3) is 2.27. The fourth-order valence-electron chi connectivity index (χ4n) is 2.19. The third-order valence-electron chi connectivity index (χ3n) is 3.18. The fraction of sp³-hybridized carbons (Fsp3) is 0.429. The summed E-state index contributed by atoms with van der Waals surface area (Å²) in [6, 6.07) is 5.45. The molecule has 1 heterocycles. The van der Waals surface area contributed by atoms with E-state index in [2.05, 4.69) is 0 Å². The number of alkyl halides is 1. The molecule has 0 atom stereocenters. The quantitative estimate of drug-likeness (QED) is 0.622. The SMILES string of the molecule is CC(C)C(=O)N1CCc2cc(C(=O)CCl)ccc21. The second kappa shape index (κ2) is 5.11. The molecule has 18 heavy (non-hydrogen) atoms. The highest BCUT2D eigenvalue weighted by Crippen LogP contribution is 2.30. The number of rotatable bonds is 3. The maximum atomic E-state index is 12.0. The van der Waals surface area contributed by atoms with E-state index in [0.29, 0.717) is 12.1 Å². The summed E-state index contributed by atoms with van der Waals surface area (Å²) >= 11 is 5.54. The summed E-state index contributed by atoms with van der Waals surface area (Å²) in [6.07, 6.45) is 0.803. The second-order valence-electron chi connectivity index (χ2n) is 4.79. The lowest BCUT2D eigenvalue weighted by molar-refractivity contribution is -0.121. The Hall–Kier alpha value is -1.35. The molecule has 2 rings (SSSR count). The maximum Gasteiger partial charge on any atom is 0.229 e. The molecule has 1 aliphatic rings. The van der Waals surface area contributed by atoms with Gasteiger partial charge in [0.05, 0.1) is 5.88 Å². The molecule has 1 aromatic rings. The average molecular weight is 266 g/mol. The van der Waals surface area contributed by atoms with Crippen LogP contribution < -0.4 is 4.90 Å². The van der Waals surface area contributed by atoms with Gasteiger partial charge in [0.25, 0.3) is 0 Å². The van der Waals surface area contributed by atoms with E-state index in [9.17, 15) is 9.59 Å². The maximum absolute atomic E-state index is 12.0. The number of anilines is 1. The van der Waals surface area contributed by atoms with Crippen LogP contribution in [0, 0.1) is 5.92 Å². The van der Waals surface area contributed by atoms with Crippen LogP contribution in [0.1, 0.15) is 29.8 Å². The van der Waals surface area contributed by atoms with Gasteiger partial charge in [0.2, 0.25) is 5.91 Å². The molecule has 0 aliphatic carbocycles. The first-order valence-electron chi connectivity index (χ1n) is 6.08. The van der Waals surface area contributed by atoms with Gasteiger partial charge in [-0.15, -0.1) is 11.6 Å². The van der Waals surface area contributed by atoms with Gasteiger partial charge in [0.15, 0.2) is 5.78 Å². The predicted molar refractivity (Wildman–Crippen MR) is 72.4 cm³/mol. The lowest BCUT2D eigenvalue weighted by Gasteiger charge is -2.19. The van der Waals surface area contributed by atoms with E-state index in [4.69, 9.17) is 11.6 Å². The van der Waals surface area contributed by atoms with Crippen molar-refractivity contribution in [1.29, 1.82) is 0 Å². The monoisotopic (exact) mass is 265 g/mol. The van der Waals surface area contributed by atoms with Crippen molar-refractivity contribution in [1.82, 2.24) is 0 Å². The average Bonchev–Trinajstić information content (AvgIpc) is 2.79. The van der Waals surface area contributed by atoms with Gasteiger partial charge in [0, 0.05) is 23.7 Å². The summed E-state index contributed by atoms with van der Waals surface area (Å²) in [7, 11) is 0. The van der Waals surface area contributed by atoms with E-state index in [0.717, 1.165) is 17.7 Å². The summed E-state index contributed by atoms with van der Waals surface area (Å²) in [6.45, 7) is 4.49. The van der Waals surface area contributed by atoms with Crippen LogP contribution in [0.15, 0.2) is 18.2 Å². The van der Waals surface area contributed by atoms with Crippen LogP contribution in [-0.4, -0.2) is 24.1 Å². The van der Waals surface area contributed by atoms with Crippen molar-refractivity contribution in [2.75, 3.05) is 17.3 Å². The van der Waals surface area contributed by atoms with E-state index in [1.807, 2.05) is 26.0 Å². The minimum Gasteiger partial charge on any atom is -0.312 e. The van der Waals surface area contributed by atoms with Gasteiger partial charge < -0.3 is 4.90 Å². The van der Waals surface area contributed by atoms with E-state index in [-0.39, 0.29) is 23.5 Å². The topological polar surface area (TPSA) is 37.4 Å². The standard InChI is InChI=1S/C14H16ClNO2/c1-9(2)14(18)16-6-5-10-7-11(13(17)8-15)3-4-12(10)16/h3-4,7,9H,5-6,8H2,1-2H3. The number of Topliss-reactive ketones (excluding diaryl/α,β-unsaturated/α-hetero) is 1. The van der Waals surface area contributed by atoms with Crippen LogP contribution in [0.3, 0.4) is 0 Å². The Balaban J connectivity index is 2.31. The highest BCUT2D eigenvalue weighted by molar-refractivity contribution is 6.30. The van der Waals surface area contributed by atoms with Crippen molar-refractivity contribution in [2.24, 2.45) is 5.92 Å². The first kappa shape index (κ1) is 13.1. The van der Waals surface area contributed by atoms with Gasteiger partial charge in [-0.3, -0.25) is 9.59 Å². The lowest BCUT2D eigenvalue weighted by Crippen LogP contribution is -2.32. The number of ketones is 1. The Kier molecular flexibility index (Phi) is 3.71. The first-order chi connectivity index (χ1) is 8.54. The highest BCUT2D eigenvalue weighted by Gasteiger charge is 2.26. The molecule has 0 saturated carbocycles. The molecule has 4 heteroatoms. The molecule has 0 bridgehead atoms. The Morgan fingerprint density at radius 3 is 2.72 bits per heavy atom. The molecule has 3 nitrogen and oxygen atoms in total. The summed E-state index contributed by atoms with van der Waals surface area (Å²) < 4.78 is 0. The smallest absolute Gasteiger partial charge is 0.229 e. The zero-order valence-corrected chi connectivity index (χ0v) is 11.3. The molecule has 0 spiro atoms. The zero-order chi connectivity index (χ0) is 13.3. The van der Waals surface area contributed by atoms with Crippen molar-refractivity contribution in [3.63, 3.8) is 0 Å². The Morgan fingerprint density at radius 1 is 1.39 bits per heavy atom. The van der Waals surface area contributed by atoms with Gasteiger partial charge in [-0.2, -0.15) is 0 Å². The lowest BCUT2D eigenvalue weighted by atomic mass is 10.1. The molecule has 1 aliphatic heterocycles. The van der Waals surface area contributed by atoms with E-state index < -0.39 is 0 Å². The minimum atomic E-state index is -0.0758. The van der Waals surface area contributed by atoms with Gasteiger partial charge in [-0.25, -0.2) is 0 Å². The first-order valence-corrected chi connectivity index (χ1v) is 6.61. The molecule has 0 radical (unpaired) electrons. The van der Waals surface area contributed by atoms with Crippen LogP contribution in [0.5, 0.6) is 0 Å². The van der Waals surface area contributed by atoms with Crippen LogP contribution >= 0.6 is 11.6 Å². The highest BCUT2D eigenvalue weighted by atomic mass is 35.5. The van der Waals surface area contributed by atoms with Crippen molar-refractivity contribution < 1.29 is 9.59 Å². The van der Waals surface area contributed by atoms with Gasteiger partial charge in [0.1, 0.15) is 0 Å². The molecule has 96 valence electrons. The van der Waals surface area contributed by atoms with E-state index in [1.54, 1.807) is 11.0 Å². The van der Waals surface area contributed by atoms with Crippen molar-refractivity contribution in [3.8, 4) is 0 Å². The third-order valence-corrected chi connectivity index (χ3v) is 3.42. The molecule has 1 amide bonds. The number of amides is 1. The van der Waals surface area contributed by atoms with Crippen LogP contribution in [0.4, 0.5) is 5.69 Å². The van der Waals surface area contributed by atoms with Crippen molar-refractivity contribution in [3.05, 3.63) is 29.3 Å². The normalized spacial score (nSPS) is 13.9. The summed E-state index contributed by atoms with van der Waals surface area (Å²) in [5.74, 6) is 0.0336. The number of halogens is 1. The van der Waals surface area contributed by atoms with Crippen LogP contribution in [0.25, 0.3) is 0 Å². The van der Waals surface area contributed by atoms with Crippen molar-refractivity contribution >= 4 is 29.0 Å².